The van der Waals surface area contributed by atoms with Crippen LogP contribution in [0, 0.1) is 5.82 Å². The summed E-state index contributed by atoms with van der Waals surface area (Å²) in [5.41, 5.74) is 1.43. The van der Waals surface area contributed by atoms with Gasteiger partial charge >= 0.3 is 11.9 Å². The van der Waals surface area contributed by atoms with Crippen LogP contribution in [0.3, 0.4) is 0 Å². The van der Waals surface area contributed by atoms with E-state index in [1.54, 1.807) is 50.3 Å². The number of esters is 2. The molecule has 4 rings (SSSR count). The maximum Gasteiger partial charge on any atom is 0.338 e. The first-order valence-electron chi connectivity index (χ1n) is 11.0. The van der Waals surface area contributed by atoms with Crippen LogP contribution in [0.5, 0.6) is 11.5 Å². The average molecular weight is 511 g/mol. The number of rotatable bonds is 6. The van der Waals surface area contributed by atoms with Gasteiger partial charge in [-0.05, 0) is 55.3 Å². The van der Waals surface area contributed by atoms with Gasteiger partial charge in [0, 0.05) is 6.92 Å². The molecule has 0 amide bonds. The van der Waals surface area contributed by atoms with Gasteiger partial charge in [0.1, 0.15) is 5.82 Å². The summed E-state index contributed by atoms with van der Waals surface area (Å²) in [4.78, 5) is 43.0. The number of thiazole rings is 1. The summed E-state index contributed by atoms with van der Waals surface area (Å²) in [5, 5.41) is 0. The molecule has 10 heteroatoms. The van der Waals surface area contributed by atoms with E-state index in [1.165, 1.54) is 30.7 Å². The van der Waals surface area contributed by atoms with Gasteiger partial charge in [-0.1, -0.05) is 29.5 Å². The average Bonchev–Trinajstić information content (AvgIpc) is 3.14. The molecule has 0 saturated carbocycles. The first kappa shape index (κ1) is 25.1. The third-order valence-electron chi connectivity index (χ3n) is 5.44. The van der Waals surface area contributed by atoms with Crippen LogP contribution in [0.2, 0.25) is 0 Å². The van der Waals surface area contributed by atoms with Crippen molar-refractivity contribution in [3.63, 3.8) is 0 Å². The van der Waals surface area contributed by atoms with Crippen LogP contribution in [0.4, 0.5) is 4.39 Å². The normalized spacial score (nSPS) is 15.2. The highest BCUT2D eigenvalue weighted by Gasteiger charge is 2.34. The number of ether oxygens (including phenoxy) is 3. The second-order valence-electron chi connectivity index (χ2n) is 7.86. The minimum atomic E-state index is -0.865. The van der Waals surface area contributed by atoms with Gasteiger partial charge in [-0.3, -0.25) is 14.2 Å². The maximum atomic E-state index is 13.6. The molecule has 2 aromatic carbocycles. The number of halogens is 1. The highest BCUT2D eigenvalue weighted by molar-refractivity contribution is 7.07. The van der Waals surface area contributed by atoms with Crippen LogP contribution in [-0.4, -0.2) is 30.2 Å². The fraction of sp³-hybridized carbons (Fsp3) is 0.231. The van der Waals surface area contributed by atoms with E-state index < -0.39 is 18.0 Å². The molecule has 1 aliphatic rings. The van der Waals surface area contributed by atoms with Crippen LogP contribution in [0.25, 0.3) is 6.08 Å². The molecule has 1 aliphatic heterocycles. The minimum Gasteiger partial charge on any atom is -0.493 e. The quantitative estimate of drug-likeness (QED) is 0.374. The molecule has 36 heavy (non-hydrogen) atoms. The van der Waals surface area contributed by atoms with E-state index in [1.807, 2.05) is 0 Å². The number of carbonyl (C=O) groups is 2. The van der Waals surface area contributed by atoms with Crippen molar-refractivity contribution in [3.05, 3.63) is 90.4 Å². The second kappa shape index (κ2) is 10.3. The van der Waals surface area contributed by atoms with Gasteiger partial charge in [0.2, 0.25) is 0 Å². The van der Waals surface area contributed by atoms with Crippen molar-refractivity contribution in [1.29, 1.82) is 0 Å². The van der Waals surface area contributed by atoms with Crippen LogP contribution in [0.1, 0.15) is 37.9 Å². The van der Waals surface area contributed by atoms with Gasteiger partial charge in [-0.25, -0.2) is 14.2 Å². The molecule has 0 saturated heterocycles. The smallest absolute Gasteiger partial charge is 0.338 e. The van der Waals surface area contributed by atoms with Crippen molar-refractivity contribution in [1.82, 2.24) is 4.57 Å². The van der Waals surface area contributed by atoms with Gasteiger partial charge < -0.3 is 14.2 Å². The van der Waals surface area contributed by atoms with E-state index in [2.05, 4.69) is 4.99 Å². The molecule has 3 aromatic rings. The van der Waals surface area contributed by atoms with Crippen molar-refractivity contribution in [3.8, 4) is 11.5 Å². The molecule has 186 valence electrons. The topological polar surface area (TPSA) is 96.2 Å². The third kappa shape index (κ3) is 4.85. The maximum absolute atomic E-state index is 13.6. The Morgan fingerprint density at radius 2 is 1.89 bits per heavy atom. The Labute approximate surface area is 209 Å². The van der Waals surface area contributed by atoms with E-state index >= 15 is 0 Å². The molecule has 2 heterocycles. The molecule has 0 fully saturated rings. The molecule has 0 N–H and O–H groups in total. The highest BCUT2D eigenvalue weighted by Crippen LogP contribution is 2.36. The summed E-state index contributed by atoms with van der Waals surface area (Å²) in [5.74, 6) is -1.03. The van der Waals surface area contributed by atoms with Crippen molar-refractivity contribution >= 4 is 29.4 Å². The summed E-state index contributed by atoms with van der Waals surface area (Å²) in [7, 11) is 1.42. The SMILES string of the molecule is CCOC(=O)C1=C(C)N=c2s/c(=C/c3ccc(F)cc3)c(=O)n2C1c1ccc(OC(C)=O)c(OC)c1. The van der Waals surface area contributed by atoms with Crippen LogP contribution in [-0.2, 0) is 14.3 Å². The second-order valence-corrected chi connectivity index (χ2v) is 8.87. The number of nitrogens with zero attached hydrogens (tertiary/aromatic N) is 2. The molecule has 1 unspecified atom stereocenters. The summed E-state index contributed by atoms with van der Waals surface area (Å²) in [6.07, 6.45) is 1.65. The largest absolute Gasteiger partial charge is 0.493 e. The Morgan fingerprint density at radius 3 is 2.53 bits per heavy atom. The number of carbonyl (C=O) groups excluding carboxylic acids is 2. The van der Waals surface area contributed by atoms with Crippen LogP contribution < -0.4 is 24.4 Å². The van der Waals surface area contributed by atoms with E-state index in [9.17, 15) is 18.8 Å². The molecule has 1 atom stereocenters. The summed E-state index contributed by atoms with van der Waals surface area (Å²) in [6, 6.07) is 9.70. The number of fused-ring (bicyclic) bond motifs is 1. The molecule has 0 bridgehead atoms. The number of benzene rings is 2. The fourth-order valence-electron chi connectivity index (χ4n) is 3.91. The van der Waals surface area contributed by atoms with Crippen LogP contribution in [0.15, 0.2) is 63.5 Å². The van der Waals surface area contributed by atoms with Gasteiger partial charge in [-0.15, -0.1) is 0 Å². The number of methoxy groups -OCH3 is 1. The number of hydrogen-bond donors (Lipinski definition) is 0. The molecule has 1 aromatic heterocycles. The van der Waals surface area contributed by atoms with Gasteiger partial charge in [0.05, 0.1) is 35.6 Å². The predicted octanol–water partition coefficient (Wildman–Crippen LogP) is 2.87. The Bertz CT molecular complexity index is 1550. The Balaban J connectivity index is 1.94. The van der Waals surface area contributed by atoms with Crippen molar-refractivity contribution in [2.45, 2.75) is 26.8 Å². The fourth-order valence-corrected chi connectivity index (χ4v) is 4.96. The van der Waals surface area contributed by atoms with E-state index in [0.717, 1.165) is 11.3 Å². The van der Waals surface area contributed by atoms with Crippen LogP contribution >= 0.6 is 11.3 Å². The summed E-state index contributed by atoms with van der Waals surface area (Å²) >= 11 is 1.16. The lowest BCUT2D eigenvalue weighted by Crippen LogP contribution is -2.40. The molecular formula is C26H23FN2O6S. The Kier molecular flexibility index (Phi) is 7.16. The third-order valence-corrected chi connectivity index (χ3v) is 6.42. The Hall–Kier alpha value is -4.05. The highest BCUT2D eigenvalue weighted by atomic mass is 32.1. The molecule has 0 spiro atoms. The lowest BCUT2D eigenvalue weighted by molar-refractivity contribution is -0.139. The zero-order chi connectivity index (χ0) is 26.0. The van der Waals surface area contributed by atoms with Gasteiger partial charge in [0.15, 0.2) is 16.3 Å². The molecule has 0 aliphatic carbocycles. The molecule has 8 nitrogen and oxygen atoms in total. The van der Waals surface area contributed by atoms with Gasteiger partial charge in [0.25, 0.3) is 5.56 Å². The summed E-state index contributed by atoms with van der Waals surface area (Å²) in [6.45, 7) is 4.79. The van der Waals surface area contributed by atoms with E-state index in [0.29, 0.717) is 26.2 Å². The van der Waals surface area contributed by atoms with Crippen molar-refractivity contribution in [2.75, 3.05) is 13.7 Å². The zero-order valence-electron chi connectivity index (χ0n) is 20.0. The Morgan fingerprint density at radius 1 is 1.17 bits per heavy atom. The molecular weight excluding hydrogens is 487 g/mol. The molecule has 0 radical (unpaired) electrons. The van der Waals surface area contributed by atoms with Crippen molar-refractivity contribution < 1.29 is 28.2 Å². The predicted molar refractivity (Wildman–Crippen MR) is 131 cm³/mol. The zero-order valence-corrected chi connectivity index (χ0v) is 20.8. The number of allylic oxidation sites excluding steroid dienone is 1. The van der Waals surface area contributed by atoms with Gasteiger partial charge in [-0.2, -0.15) is 0 Å². The summed E-state index contributed by atoms with van der Waals surface area (Å²) < 4.78 is 31.0. The lowest BCUT2D eigenvalue weighted by atomic mass is 9.95. The number of hydrogen-bond acceptors (Lipinski definition) is 8. The minimum absolute atomic E-state index is 0.145. The first-order chi connectivity index (χ1) is 17.2. The first-order valence-corrected chi connectivity index (χ1v) is 11.9. The van der Waals surface area contributed by atoms with E-state index in [4.69, 9.17) is 14.2 Å². The lowest BCUT2D eigenvalue weighted by Gasteiger charge is -2.25. The van der Waals surface area contributed by atoms with E-state index in [-0.39, 0.29) is 35.1 Å². The monoisotopic (exact) mass is 510 g/mol. The van der Waals surface area contributed by atoms with Crippen molar-refractivity contribution in [2.24, 2.45) is 4.99 Å². The number of aromatic nitrogens is 1. The standard InChI is InChI=1S/C26H23FN2O6S/c1-5-34-25(32)22-14(2)28-26-29(24(31)21(36-26)12-16-6-9-18(27)10-7-16)23(22)17-8-11-19(35-15(3)30)20(13-17)33-4/h6-13,23H,5H2,1-4H3/b21-12+.